The molecule has 1 unspecified atom stereocenters. The summed E-state index contributed by atoms with van der Waals surface area (Å²) in [5.41, 5.74) is 1.92. The predicted molar refractivity (Wildman–Crippen MR) is 92.5 cm³/mol. The second-order valence-electron chi connectivity index (χ2n) is 7.62. The summed E-state index contributed by atoms with van der Waals surface area (Å²) in [6.07, 6.45) is 5.20. The maximum Gasteiger partial charge on any atom is 0.245 e. The van der Waals surface area contributed by atoms with Crippen LogP contribution in [0.15, 0.2) is 12.1 Å². The van der Waals surface area contributed by atoms with Crippen LogP contribution in [-0.4, -0.2) is 55.7 Å². The predicted octanol–water partition coefficient (Wildman–Crippen LogP) is 0.986. The smallest absolute Gasteiger partial charge is 0.245 e. The van der Waals surface area contributed by atoms with Crippen LogP contribution in [0.2, 0.25) is 0 Å². The van der Waals surface area contributed by atoms with Gasteiger partial charge >= 0.3 is 0 Å². The van der Waals surface area contributed by atoms with Crippen LogP contribution in [0, 0.1) is 0 Å². The largest absolute Gasteiger partial charge is 0.344 e. The number of piperidine rings is 1. The highest BCUT2D eigenvalue weighted by atomic mass is 16.2. The van der Waals surface area contributed by atoms with Gasteiger partial charge < -0.3 is 10.2 Å². The van der Waals surface area contributed by atoms with Gasteiger partial charge in [0.1, 0.15) is 6.04 Å². The molecule has 2 saturated heterocycles. The number of hydrogen-bond donors (Lipinski definition) is 1. The maximum atomic E-state index is 12.5. The molecule has 1 N–H and O–H groups in total. The van der Waals surface area contributed by atoms with Gasteiger partial charge in [0.2, 0.25) is 11.8 Å². The van der Waals surface area contributed by atoms with Gasteiger partial charge in [0.05, 0.1) is 5.69 Å². The molecule has 0 aromatic carbocycles. The van der Waals surface area contributed by atoms with Gasteiger partial charge in [-0.25, -0.2) is 0 Å². The van der Waals surface area contributed by atoms with Crippen LogP contribution in [0.4, 0.5) is 0 Å². The molecule has 2 aliphatic heterocycles. The molecule has 0 radical (unpaired) electrons. The van der Waals surface area contributed by atoms with Crippen molar-refractivity contribution in [3.05, 3.63) is 23.7 Å². The van der Waals surface area contributed by atoms with Crippen molar-refractivity contribution in [2.75, 3.05) is 13.1 Å². The zero-order valence-corrected chi connectivity index (χ0v) is 14.6. The van der Waals surface area contributed by atoms with E-state index in [-0.39, 0.29) is 23.8 Å². The summed E-state index contributed by atoms with van der Waals surface area (Å²) in [6.45, 7) is 1.38. The maximum absolute atomic E-state index is 12.5. The van der Waals surface area contributed by atoms with E-state index in [0.29, 0.717) is 31.8 Å². The monoisotopic (exact) mass is 354 g/mol. The normalized spacial score (nSPS) is 24.2. The van der Waals surface area contributed by atoms with Crippen LogP contribution in [0.3, 0.4) is 0 Å². The van der Waals surface area contributed by atoms with Crippen molar-refractivity contribution in [3.8, 4) is 0 Å². The fraction of sp³-hybridized carbons (Fsp3) is 0.611. The van der Waals surface area contributed by atoms with Gasteiger partial charge in [-0.05, 0) is 44.2 Å². The number of nitrogens with zero attached hydrogens (tertiary/aromatic N) is 5. The van der Waals surface area contributed by atoms with Crippen LogP contribution in [0.25, 0.3) is 5.65 Å². The Morgan fingerprint density at radius 3 is 2.54 bits per heavy atom. The first-order chi connectivity index (χ1) is 12.7. The van der Waals surface area contributed by atoms with Crippen molar-refractivity contribution < 1.29 is 9.59 Å². The van der Waals surface area contributed by atoms with Crippen molar-refractivity contribution in [1.29, 1.82) is 0 Å². The van der Waals surface area contributed by atoms with Gasteiger partial charge in [0.15, 0.2) is 11.5 Å². The lowest BCUT2D eigenvalue weighted by atomic mass is 9.95. The fourth-order valence-electron chi connectivity index (χ4n) is 4.05. The lowest BCUT2D eigenvalue weighted by Crippen LogP contribution is -2.47. The summed E-state index contributed by atoms with van der Waals surface area (Å²) in [4.78, 5) is 25.8. The highest BCUT2D eigenvalue weighted by molar-refractivity contribution is 5.90. The molecule has 136 valence electrons. The van der Waals surface area contributed by atoms with E-state index in [4.69, 9.17) is 5.10 Å². The molecule has 26 heavy (non-hydrogen) atoms. The minimum Gasteiger partial charge on any atom is -0.344 e. The Balaban J connectivity index is 1.29. The van der Waals surface area contributed by atoms with E-state index in [1.807, 2.05) is 15.5 Å². The topological polar surface area (TPSA) is 92.5 Å². The number of carbonyl (C=O) groups is 2. The van der Waals surface area contributed by atoms with Crippen LogP contribution in [0.5, 0.6) is 0 Å². The molecule has 1 saturated carbocycles. The molecular weight excluding hydrogens is 332 g/mol. The third kappa shape index (κ3) is 2.73. The molecule has 1 atom stereocenters. The number of nitrogens with one attached hydrogen (secondary N) is 1. The minimum atomic E-state index is -0.337. The van der Waals surface area contributed by atoms with E-state index in [2.05, 4.69) is 21.6 Å². The Bertz CT molecular complexity index is 866. The number of aromatic nitrogens is 4. The molecule has 1 aliphatic carbocycles. The highest BCUT2D eigenvalue weighted by Gasteiger charge is 2.34. The summed E-state index contributed by atoms with van der Waals surface area (Å²) in [5.74, 6) is 1.79. The SMILES string of the molecule is O=C1CCC(C(=O)N2CCC(c3nnc4ccc(C5CC5)nn34)CC2)N1. The molecule has 8 nitrogen and oxygen atoms in total. The van der Waals surface area contributed by atoms with E-state index in [1.54, 1.807) is 0 Å². The van der Waals surface area contributed by atoms with Gasteiger partial charge in [-0.2, -0.15) is 9.61 Å². The fourth-order valence-corrected chi connectivity index (χ4v) is 4.05. The Hall–Kier alpha value is -2.51. The average Bonchev–Trinajstić information content (AvgIpc) is 3.30. The first-order valence-corrected chi connectivity index (χ1v) is 9.49. The quantitative estimate of drug-likeness (QED) is 0.887. The standard InChI is InChI=1S/C18H22N6O2/c25-16-6-4-14(19-16)18(26)23-9-7-12(8-10-23)17-21-20-15-5-3-13(11-1-2-11)22-24(15)17/h3,5,11-12,14H,1-2,4,6-10H2,(H,19,25). The molecular formula is C18H22N6O2. The molecule has 8 heteroatoms. The summed E-state index contributed by atoms with van der Waals surface area (Å²) in [5, 5.41) is 16.2. The Kier molecular flexibility index (Phi) is 3.65. The van der Waals surface area contributed by atoms with E-state index < -0.39 is 0 Å². The van der Waals surface area contributed by atoms with Gasteiger partial charge in [0.25, 0.3) is 0 Å². The summed E-state index contributed by atoms with van der Waals surface area (Å²) in [6, 6.07) is 3.72. The molecule has 2 amide bonds. The number of fused-ring (bicyclic) bond motifs is 1. The van der Waals surface area contributed by atoms with Crippen molar-refractivity contribution in [2.24, 2.45) is 0 Å². The van der Waals surface area contributed by atoms with Crippen LogP contribution in [-0.2, 0) is 9.59 Å². The molecule has 0 spiro atoms. The third-order valence-corrected chi connectivity index (χ3v) is 5.77. The van der Waals surface area contributed by atoms with Crippen molar-refractivity contribution in [3.63, 3.8) is 0 Å². The third-order valence-electron chi connectivity index (χ3n) is 5.77. The molecule has 4 heterocycles. The van der Waals surface area contributed by atoms with Gasteiger partial charge in [-0.1, -0.05) is 0 Å². The molecule has 2 aromatic rings. The number of carbonyl (C=O) groups excluding carboxylic acids is 2. The first-order valence-electron chi connectivity index (χ1n) is 9.49. The van der Waals surface area contributed by atoms with Crippen molar-refractivity contribution in [2.45, 2.75) is 56.4 Å². The first kappa shape index (κ1) is 15.7. The molecule has 3 aliphatic rings. The Labute approximate surface area is 151 Å². The molecule has 5 rings (SSSR count). The number of amides is 2. The molecule has 3 fully saturated rings. The zero-order chi connectivity index (χ0) is 17.7. The summed E-state index contributed by atoms with van der Waals surface area (Å²) >= 11 is 0. The number of rotatable bonds is 3. The lowest BCUT2D eigenvalue weighted by molar-refractivity contribution is -0.135. The second kappa shape index (κ2) is 6.03. The number of hydrogen-bond acceptors (Lipinski definition) is 5. The Morgan fingerprint density at radius 1 is 1.04 bits per heavy atom. The van der Waals surface area contributed by atoms with E-state index in [9.17, 15) is 9.59 Å². The van der Waals surface area contributed by atoms with Crippen LogP contribution in [0.1, 0.15) is 61.9 Å². The van der Waals surface area contributed by atoms with E-state index in [0.717, 1.165) is 30.0 Å². The average molecular weight is 354 g/mol. The van der Waals surface area contributed by atoms with Crippen molar-refractivity contribution >= 4 is 17.5 Å². The zero-order valence-electron chi connectivity index (χ0n) is 14.6. The van der Waals surface area contributed by atoms with Gasteiger partial charge in [-0.3, -0.25) is 9.59 Å². The second-order valence-corrected chi connectivity index (χ2v) is 7.62. The van der Waals surface area contributed by atoms with Crippen LogP contribution < -0.4 is 5.32 Å². The number of likely N-dealkylation sites (tertiary alicyclic amines) is 1. The van der Waals surface area contributed by atoms with E-state index in [1.165, 1.54) is 12.8 Å². The van der Waals surface area contributed by atoms with Crippen LogP contribution >= 0.6 is 0 Å². The van der Waals surface area contributed by atoms with Gasteiger partial charge in [-0.15, -0.1) is 10.2 Å². The lowest BCUT2D eigenvalue weighted by Gasteiger charge is -2.32. The van der Waals surface area contributed by atoms with E-state index >= 15 is 0 Å². The Morgan fingerprint density at radius 2 is 1.85 bits per heavy atom. The summed E-state index contributed by atoms with van der Waals surface area (Å²) in [7, 11) is 0. The highest BCUT2D eigenvalue weighted by Crippen LogP contribution is 2.39. The molecule has 0 bridgehead atoms. The van der Waals surface area contributed by atoms with Gasteiger partial charge in [0, 0.05) is 31.3 Å². The van der Waals surface area contributed by atoms with Crippen molar-refractivity contribution in [1.82, 2.24) is 30.0 Å². The summed E-state index contributed by atoms with van der Waals surface area (Å²) < 4.78 is 1.90. The molecule has 2 aromatic heterocycles. The minimum absolute atomic E-state index is 0.0225.